The van der Waals surface area contributed by atoms with Crippen LogP contribution in [-0.4, -0.2) is 49.9 Å². The monoisotopic (exact) mass is 371 g/mol. The van der Waals surface area contributed by atoms with E-state index in [0.29, 0.717) is 5.56 Å². The molecule has 1 aliphatic heterocycles. The number of aromatic nitrogens is 4. The highest BCUT2D eigenvalue weighted by Crippen LogP contribution is 2.31. The topological polar surface area (TPSA) is 133 Å². The SMILES string of the molecule is CC(C)(C)c1ccc(C2(C)NC(=O)N(CC(=O)Nc3nn[nH]n3)C2=O)cc1. The molecule has 1 saturated heterocycles. The lowest BCUT2D eigenvalue weighted by Gasteiger charge is -2.24. The Balaban J connectivity index is 1.77. The number of tetrazole rings is 1. The van der Waals surface area contributed by atoms with Gasteiger partial charge in [-0.25, -0.2) is 4.79 Å². The average molecular weight is 371 g/mol. The van der Waals surface area contributed by atoms with Crippen molar-refractivity contribution in [3.8, 4) is 0 Å². The van der Waals surface area contributed by atoms with E-state index in [-0.39, 0.29) is 11.4 Å². The predicted molar refractivity (Wildman–Crippen MR) is 95.5 cm³/mol. The number of H-pyrrole nitrogens is 1. The normalized spacial score (nSPS) is 19.9. The first-order valence-electron chi connectivity index (χ1n) is 8.40. The molecule has 1 fully saturated rings. The van der Waals surface area contributed by atoms with E-state index < -0.39 is 29.9 Å². The average Bonchev–Trinajstić information content (AvgIpc) is 3.17. The van der Waals surface area contributed by atoms with Gasteiger partial charge in [-0.2, -0.15) is 5.21 Å². The van der Waals surface area contributed by atoms with Gasteiger partial charge in [0.15, 0.2) is 0 Å². The first-order chi connectivity index (χ1) is 12.6. The third-order valence-corrected chi connectivity index (χ3v) is 4.50. The fourth-order valence-corrected chi connectivity index (χ4v) is 2.86. The second-order valence-electron chi connectivity index (χ2n) is 7.56. The van der Waals surface area contributed by atoms with Crippen LogP contribution in [0.2, 0.25) is 0 Å². The number of nitrogens with zero attached hydrogens (tertiary/aromatic N) is 4. The van der Waals surface area contributed by atoms with Crippen LogP contribution in [0.1, 0.15) is 38.8 Å². The number of urea groups is 1. The van der Waals surface area contributed by atoms with Crippen molar-refractivity contribution in [2.24, 2.45) is 0 Å². The van der Waals surface area contributed by atoms with Crippen molar-refractivity contribution in [3.05, 3.63) is 35.4 Å². The van der Waals surface area contributed by atoms with Crippen molar-refractivity contribution >= 4 is 23.8 Å². The van der Waals surface area contributed by atoms with Crippen molar-refractivity contribution in [1.82, 2.24) is 30.8 Å². The number of nitrogens with one attached hydrogen (secondary N) is 3. The Morgan fingerprint density at radius 3 is 2.44 bits per heavy atom. The number of hydrogen-bond acceptors (Lipinski definition) is 6. The molecule has 1 unspecified atom stereocenters. The molecule has 1 aromatic heterocycles. The van der Waals surface area contributed by atoms with Gasteiger partial charge in [0.2, 0.25) is 5.91 Å². The van der Waals surface area contributed by atoms with Crippen molar-refractivity contribution in [2.45, 2.75) is 38.6 Å². The highest BCUT2D eigenvalue weighted by Gasteiger charge is 2.49. The van der Waals surface area contributed by atoms with Gasteiger partial charge in [0.25, 0.3) is 11.9 Å². The van der Waals surface area contributed by atoms with Crippen LogP contribution in [0, 0.1) is 0 Å². The van der Waals surface area contributed by atoms with E-state index in [9.17, 15) is 14.4 Å². The van der Waals surface area contributed by atoms with E-state index in [4.69, 9.17) is 0 Å². The molecule has 142 valence electrons. The van der Waals surface area contributed by atoms with Crippen LogP contribution in [0.25, 0.3) is 0 Å². The van der Waals surface area contributed by atoms with Gasteiger partial charge in [0.05, 0.1) is 0 Å². The summed E-state index contributed by atoms with van der Waals surface area (Å²) < 4.78 is 0. The molecule has 0 radical (unpaired) electrons. The number of carbonyl (C=O) groups excluding carboxylic acids is 3. The standard InChI is InChI=1S/C17H21N7O3/c1-16(2,3)10-5-7-11(8-6-10)17(4)13(26)24(15(27)19-17)9-12(25)18-14-20-22-23-21-14/h5-8H,9H2,1-4H3,(H,19,27)(H2,18,20,21,22,23,25). The Bertz CT molecular complexity index is 871. The van der Waals surface area contributed by atoms with Crippen molar-refractivity contribution in [2.75, 3.05) is 11.9 Å². The molecular weight excluding hydrogens is 350 g/mol. The molecule has 0 aliphatic carbocycles. The third kappa shape index (κ3) is 3.50. The van der Waals surface area contributed by atoms with E-state index in [2.05, 4.69) is 52.0 Å². The summed E-state index contributed by atoms with van der Waals surface area (Å²) in [6.07, 6.45) is 0. The molecule has 1 atom stereocenters. The molecule has 10 nitrogen and oxygen atoms in total. The lowest BCUT2D eigenvalue weighted by Crippen LogP contribution is -2.42. The van der Waals surface area contributed by atoms with E-state index in [1.807, 2.05) is 24.3 Å². The summed E-state index contributed by atoms with van der Waals surface area (Å²) in [5.74, 6) is -1.14. The van der Waals surface area contributed by atoms with Crippen molar-refractivity contribution in [3.63, 3.8) is 0 Å². The van der Waals surface area contributed by atoms with E-state index in [1.54, 1.807) is 6.92 Å². The van der Waals surface area contributed by atoms with Crippen LogP contribution < -0.4 is 10.6 Å². The molecule has 27 heavy (non-hydrogen) atoms. The zero-order chi connectivity index (χ0) is 19.8. The van der Waals surface area contributed by atoms with E-state index >= 15 is 0 Å². The zero-order valence-corrected chi connectivity index (χ0v) is 15.5. The fraction of sp³-hybridized carbons (Fsp3) is 0.412. The highest BCUT2D eigenvalue weighted by molar-refractivity contribution is 6.10. The number of amides is 4. The minimum Gasteiger partial charge on any atom is -0.319 e. The summed E-state index contributed by atoms with van der Waals surface area (Å²) in [7, 11) is 0. The largest absolute Gasteiger partial charge is 0.325 e. The first-order valence-corrected chi connectivity index (χ1v) is 8.40. The Morgan fingerprint density at radius 2 is 1.89 bits per heavy atom. The Hall–Kier alpha value is -3.30. The fourth-order valence-electron chi connectivity index (χ4n) is 2.86. The number of imide groups is 1. The smallest absolute Gasteiger partial charge is 0.319 e. The van der Waals surface area contributed by atoms with Crippen molar-refractivity contribution < 1.29 is 14.4 Å². The van der Waals surface area contributed by atoms with Crippen LogP contribution in [0.3, 0.4) is 0 Å². The van der Waals surface area contributed by atoms with Gasteiger partial charge in [-0.05, 0) is 28.7 Å². The second kappa shape index (κ2) is 6.45. The predicted octanol–water partition coefficient (Wildman–Crippen LogP) is 0.903. The summed E-state index contributed by atoms with van der Waals surface area (Å²) in [6, 6.07) is 6.88. The molecule has 3 N–H and O–H groups in total. The van der Waals surface area contributed by atoms with E-state index in [0.717, 1.165) is 10.5 Å². The number of hydrogen-bond donors (Lipinski definition) is 3. The highest BCUT2D eigenvalue weighted by atomic mass is 16.2. The number of aromatic amines is 1. The van der Waals surface area contributed by atoms with Gasteiger partial charge < -0.3 is 5.32 Å². The Morgan fingerprint density at radius 1 is 1.22 bits per heavy atom. The van der Waals surface area contributed by atoms with Gasteiger partial charge in [-0.15, -0.1) is 5.10 Å². The second-order valence-corrected chi connectivity index (χ2v) is 7.56. The number of anilines is 1. The Labute approximate surface area is 155 Å². The van der Waals surface area contributed by atoms with Crippen LogP contribution in [0.5, 0.6) is 0 Å². The lowest BCUT2D eigenvalue weighted by atomic mass is 9.84. The number of rotatable bonds is 4. The minimum absolute atomic E-state index is 0.0261. The summed E-state index contributed by atoms with van der Waals surface area (Å²) in [4.78, 5) is 38.1. The maximum absolute atomic E-state index is 12.9. The molecule has 4 amide bonds. The third-order valence-electron chi connectivity index (χ3n) is 4.50. The van der Waals surface area contributed by atoms with Gasteiger partial charge in [0.1, 0.15) is 12.1 Å². The first kappa shape index (κ1) is 18.5. The molecule has 2 aromatic rings. The van der Waals surface area contributed by atoms with E-state index in [1.165, 1.54) is 0 Å². The molecule has 0 saturated carbocycles. The van der Waals surface area contributed by atoms with Gasteiger partial charge in [-0.1, -0.05) is 50.1 Å². The van der Waals surface area contributed by atoms with Crippen LogP contribution in [0.4, 0.5) is 10.7 Å². The Kier molecular flexibility index (Phi) is 4.42. The zero-order valence-electron chi connectivity index (χ0n) is 15.5. The maximum atomic E-state index is 12.9. The molecule has 1 aromatic carbocycles. The summed E-state index contributed by atoms with van der Waals surface area (Å²) >= 11 is 0. The van der Waals surface area contributed by atoms with Crippen molar-refractivity contribution in [1.29, 1.82) is 0 Å². The summed E-state index contributed by atoms with van der Waals surface area (Å²) in [5, 5.41) is 17.7. The number of carbonyl (C=O) groups is 3. The van der Waals surface area contributed by atoms with Gasteiger partial charge in [0, 0.05) is 0 Å². The summed E-state index contributed by atoms with van der Waals surface area (Å²) in [5.41, 5.74) is 0.500. The molecule has 0 bridgehead atoms. The molecule has 10 heteroatoms. The molecule has 2 heterocycles. The molecule has 0 spiro atoms. The van der Waals surface area contributed by atoms with Crippen LogP contribution in [-0.2, 0) is 20.5 Å². The molecular formula is C17H21N7O3. The quantitative estimate of drug-likeness (QED) is 0.684. The van der Waals surface area contributed by atoms with Gasteiger partial charge >= 0.3 is 6.03 Å². The molecule has 1 aliphatic rings. The van der Waals surface area contributed by atoms with Crippen LogP contribution >= 0.6 is 0 Å². The minimum atomic E-state index is -1.24. The molecule has 3 rings (SSSR count). The number of benzene rings is 1. The summed E-state index contributed by atoms with van der Waals surface area (Å²) in [6.45, 7) is 7.45. The van der Waals surface area contributed by atoms with Gasteiger partial charge in [-0.3, -0.25) is 19.8 Å². The van der Waals surface area contributed by atoms with Crippen LogP contribution in [0.15, 0.2) is 24.3 Å². The maximum Gasteiger partial charge on any atom is 0.325 e. The lowest BCUT2D eigenvalue weighted by molar-refractivity contribution is -0.133.